The number of nitrogens with one attached hydrogen (secondary N) is 1. The number of benzene rings is 1. The lowest BCUT2D eigenvalue weighted by Crippen LogP contribution is -2.36. The largest absolute Gasteiger partial charge is 0.386 e. The lowest BCUT2D eigenvalue weighted by molar-refractivity contribution is -0.127. The van der Waals surface area contributed by atoms with Gasteiger partial charge in [0.05, 0.1) is 6.10 Å². The summed E-state index contributed by atoms with van der Waals surface area (Å²) in [4.78, 5) is 11.6. The fraction of sp³-hybridized carbons (Fsp3) is 0.462. The van der Waals surface area contributed by atoms with Crippen molar-refractivity contribution in [2.24, 2.45) is 5.92 Å². The van der Waals surface area contributed by atoms with Gasteiger partial charge in [-0.1, -0.05) is 35.7 Å². The maximum absolute atomic E-state index is 11.6. The summed E-state index contributed by atoms with van der Waals surface area (Å²) in [6.07, 6.45) is 2.11. The lowest BCUT2D eigenvalue weighted by Gasteiger charge is -2.25. The quantitative estimate of drug-likeness (QED) is 0.895. The summed E-state index contributed by atoms with van der Waals surface area (Å²) in [7, 11) is 0. The Balaban J connectivity index is 1.94. The van der Waals surface area contributed by atoms with Crippen molar-refractivity contribution in [3.05, 3.63) is 33.8 Å². The van der Waals surface area contributed by atoms with Crippen LogP contribution >= 0.6 is 23.2 Å². The van der Waals surface area contributed by atoms with Gasteiger partial charge in [0.25, 0.3) is 0 Å². The second-order valence-electron chi connectivity index (χ2n) is 4.52. The fourth-order valence-electron chi connectivity index (χ4n) is 1.94. The van der Waals surface area contributed by atoms with Gasteiger partial charge in [-0.05, 0) is 25.0 Å². The van der Waals surface area contributed by atoms with Gasteiger partial charge in [0.1, 0.15) is 0 Å². The molecule has 98 valence electrons. The van der Waals surface area contributed by atoms with Crippen molar-refractivity contribution < 1.29 is 9.90 Å². The molecule has 1 aromatic rings. The number of rotatable bonds is 4. The Morgan fingerprint density at radius 2 is 2.00 bits per heavy atom. The zero-order valence-corrected chi connectivity index (χ0v) is 11.3. The summed E-state index contributed by atoms with van der Waals surface area (Å²) in [5.41, 5.74) is 0.467. The van der Waals surface area contributed by atoms with E-state index in [0.29, 0.717) is 15.6 Å². The van der Waals surface area contributed by atoms with Gasteiger partial charge in [-0.3, -0.25) is 4.79 Å². The van der Waals surface area contributed by atoms with E-state index in [1.165, 1.54) is 0 Å². The Labute approximate surface area is 116 Å². The molecule has 0 aromatic heterocycles. The summed E-state index contributed by atoms with van der Waals surface area (Å²) in [6, 6.07) is 5.05. The van der Waals surface area contributed by atoms with Gasteiger partial charge in [0.2, 0.25) is 5.91 Å². The predicted molar refractivity (Wildman–Crippen MR) is 71.8 cm³/mol. The maximum atomic E-state index is 11.6. The van der Waals surface area contributed by atoms with E-state index in [1.807, 2.05) is 0 Å². The molecule has 0 aliphatic heterocycles. The molecule has 2 N–H and O–H groups in total. The molecule has 1 saturated carbocycles. The molecular formula is C13H15Cl2NO2. The van der Waals surface area contributed by atoms with Crippen LogP contribution in [0.1, 0.15) is 30.9 Å². The van der Waals surface area contributed by atoms with E-state index in [9.17, 15) is 9.90 Å². The van der Waals surface area contributed by atoms with E-state index in [0.717, 1.165) is 19.3 Å². The van der Waals surface area contributed by atoms with E-state index >= 15 is 0 Å². The van der Waals surface area contributed by atoms with E-state index < -0.39 is 6.10 Å². The molecule has 1 atom stereocenters. The molecule has 1 unspecified atom stereocenters. The van der Waals surface area contributed by atoms with Gasteiger partial charge in [-0.15, -0.1) is 0 Å². The first-order valence-electron chi connectivity index (χ1n) is 5.99. The number of aliphatic hydroxyl groups is 1. The monoisotopic (exact) mass is 287 g/mol. The molecule has 5 heteroatoms. The van der Waals surface area contributed by atoms with Crippen LogP contribution in [0.15, 0.2) is 18.2 Å². The normalized spacial score (nSPS) is 17.1. The van der Waals surface area contributed by atoms with Crippen molar-refractivity contribution in [3.63, 3.8) is 0 Å². The van der Waals surface area contributed by atoms with Crippen LogP contribution in [0, 0.1) is 5.92 Å². The van der Waals surface area contributed by atoms with Gasteiger partial charge in [-0.2, -0.15) is 0 Å². The number of halogens is 2. The molecule has 1 aliphatic rings. The third kappa shape index (κ3) is 2.97. The molecule has 1 fully saturated rings. The first-order valence-corrected chi connectivity index (χ1v) is 6.75. The summed E-state index contributed by atoms with van der Waals surface area (Å²) >= 11 is 12.0. The average Bonchev–Trinajstić information content (AvgIpc) is 2.23. The van der Waals surface area contributed by atoms with Crippen LogP contribution in [0.4, 0.5) is 0 Å². The van der Waals surface area contributed by atoms with E-state index in [2.05, 4.69) is 5.32 Å². The van der Waals surface area contributed by atoms with Gasteiger partial charge in [0.15, 0.2) is 0 Å². The highest BCUT2D eigenvalue weighted by Crippen LogP contribution is 2.30. The minimum atomic E-state index is -0.879. The van der Waals surface area contributed by atoms with E-state index in [-0.39, 0.29) is 18.4 Å². The molecule has 1 amide bonds. The summed E-state index contributed by atoms with van der Waals surface area (Å²) < 4.78 is 0. The van der Waals surface area contributed by atoms with Crippen molar-refractivity contribution in [2.75, 3.05) is 6.54 Å². The maximum Gasteiger partial charge on any atom is 0.223 e. The van der Waals surface area contributed by atoms with Crippen molar-refractivity contribution in [2.45, 2.75) is 25.4 Å². The van der Waals surface area contributed by atoms with Crippen molar-refractivity contribution >= 4 is 29.1 Å². The number of hydrogen-bond acceptors (Lipinski definition) is 2. The van der Waals surface area contributed by atoms with Gasteiger partial charge in [-0.25, -0.2) is 0 Å². The van der Waals surface area contributed by atoms with Gasteiger partial charge in [0, 0.05) is 28.1 Å². The van der Waals surface area contributed by atoms with Crippen LogP contribution in [0.5, 0.6) is 0 Å². The Morgan fingerprint density at radius 3 is 2.50 bits per heavy atom. The van der Waals surface area contributed by atoms with Crippen LogP contribution in [-0.4, -0.2) is 17.6 Å². The topological polar surface area (TPSA) is 49.3 Å². The Bertz CT molecular complexity index is 426. The van der Waals surface area contributed by atoms with Crippen LogP contribution in [0.25, 0.3) is 0 Å². The fourth-order valence-corrected chi connectivity index (χ4v) is 2.59. The minimum Gasteiger partial charge on any atom is -0.386 e. The Kier molecular flexibility index (Phi) is 4.49. The third-order valence-corrected chi connectivity index (χ3v) is 3.94. The second kappa shape index (κ2) is 5.91. The number of hydrogen-bond donors (Lipinski definition) is 2. The Morgan fingerprint density at radius 1 is 1.39 bits per heavy atom. The highest BCUT2D eigenvalue weighted by atomic mass is 35.5. The first kappa shape index (κ1) is 13.7. The average molecular weight is 288 g/mol. The van der Waals surface area contributed by atoms with Crippen molar-refractivity contribution in [3.8, 4) is 0 Å². The zero-order valence-electron chi connectivity index (χ0n) is 9.83. The van der Waals surface area contributed by atoms with Crippen molar-refractivity contribution in [1.82, 2.24) is 5.32 Å². The highest BCUT2D eigenvalue weighted by molar-refractivity contribution is 6.36. The molecule has 18 heavy (non-hydrogen) atoms. The van der Waals surface area contributed by atoms with Crippen LogP contribution in [0.2, 0.25) is 10.0 Å². The number of aliphatic hydroxyl groups excluding tert-OH is 1. The summed E-state index contributed by atoms with van der Waals surface area (Å²) in [5, 5.41) is 13.6. The highest BCUT2D eigenvalue weighted by Gasteiger charge is 2.25. The summed E-state index contributed by atoms with van der Waals surface area (Å²) in [5.74, 6) is 0.113. The Hall–Kier alpha value is -0.770. The smallest absolute Gasteiger partial charge is 0.223 e. The van der Waals surface area contributed by atoms with Crippen LogP contribution in [0.3, 0.4) is 0 Å². The van der Waals surface area contributed by atoms with Crippen LogP contribution in [-0.2, 0) is 4.79 Å². The van der Waals surface area contributed by atoms with Crippen molar-refractivity contribution in [1.29, 1.82) is 0 Å². The minimum absolute atomic E-state index is 0.00322. The molecule has 0 bridgehead atoms. The molecule has 1 aliphatic carbocycles. The second-order valence-corrected chi connectivity index (χ2v) is 5.34. The molecular weight excluding hydrogens is 273 g/mol. The molecule has 0 saturated heterocycles. The molecule has 0 radical (unpaired) electrons. The number of carbonyl (C=O) groups excluding carboxylic acids is 1. The number of carbonyl (C=O) groups is 1. The van der Waals surface area contributed by atoms with E-state index in [4.69, 9.17) is 23.2 Å². The van der Waals surface area contributed by atoms with E-state index in [1.54, 1.807) is 18.2 Å². The van der Waals surface area contributed by atoms with Gasteiger partial charge >= 0.3 is 0 Å². The lowest BCUT2D eigenvalue weighted by atomic mass is 9.85. The predicted octanol–water partition coefficient (Wildman–Crippen LogP) is 2.94. The first-order chi connectivity index (χ1) is 8.59. The third-order valence-electron chi connectivity index (χ3n) is 3.28. The zero-order chi connectivity index (χ0) is 13.1. The molecule has 3 nitrogen and oxygen atoms in total. The molecule has 1 aromatic carbocycles. The molecule has 0 heterocycles. The molecule has 0 spiro atoms. The molecule has 2 rings (SSSR count). The van der Waals surface area contributed by atoms with Crippen LogP contribution < -0.4 is 5.32 Å². The van der Waals surface area contributed by atoms with Gasteiger partial charge < -0.3 is 10.4 Å². The SMILES string of the molecule is O=C(NCC(O)c1c(Cl)cccc1Cl)C1CCC1. The standard InChI is InChI=1S/C13H15Cl2NO2/c14-9-5-2-6-10(15)12(9)11(17)7-16-13(18)8-3-1-4-8/h2,5-6,8,11,17H,1,3-4,7H2,(H,16,18). The summed E-state index contributed by atoms with van der Waals surface area (Å²) in [6.45, 7) is 0.138. The number of amides is 1.